The normalized spacial score (nSPS) is 23.1. The third kappa shape index (κ3) is 2.86. The highest BCUT2D eigenvalue weighted by molar-refractivity contribution is 5.95. The molecule has 5 heteroatoms. The molecule has 0 aliphatic heterocycles. The predicted octanol–water partition coefficient (Wildman–Crippen LogP) is 2.81. The first-order valence-electron chi connectivity index (χ1n) is 7.41. The predicted molar refractivity (Wildman–Crippen MR) is 76.0 cm³/mol. The van der Waals surface area contributed by atoms with Crippen molar-refractivity contribution < 1.29 is 9.18 Å². The molecule has 20 heavy (non-hydrogen) atoms. The fourth-order valence-electron chi connectivity index (χ4n) is 3.27. The van der Waals surface area contributed by atoms with Gasteiger partial charge in [-0.2, -0.15) is 9.49 Å². The Bertz CT molecular complexity index is 496. The summed E-state index contributed by atoms with van der Waals surface area (Å²) in [6.45, 7) is 6.04. The summed E-state index contributed by atoms with van der Waals surface area (Å²) in [5.74, 6) is 0.121. The van der Waals surface area contributed by atoms with Crippen LogP contribution in [0.1, 0.15) is 55.6 Å². The van der Waals surface area contributed by atoms with Gasteiger partial charge in [0.1, 0.15) is 5.56 Å². The van der Waals surface area contributed by atoms with E-state index in [1.807, 2.05) is 0 Å². The van der Waals surface area contributed by atoms with Crippen LogP contribution < -0.4 is 5.32 Å². The Morgan fingerprint density at radius 2 is 2.05 bits per heavy atom. The Hall–Kier alpha value is -1.39. The largest absolute Gasteiger partial charge is 0.349 e. The van der Waals surface area contributed by atoms with Crippen LogP contribution in [0.5, 0.6) is 0 Å². The maximum absolute atomic E-state index is 13.9. The molecule has 112 valence electrons. The number of aromatic nitrogens is 2. The topological polar surface area (TPSA) is 46.9 Å². The first kappa shape index (κ1) is 15.0. The lowest BCUT2D eigenvalue weighted by atomic mass is 9.78. The summed E-state index contributed by atoms with van der Waals surface area (Å²) < 4.78 is 15.0. The van der Waals surface area contributed by atoms with Crippen LogP contribution in [0.2, 0.25) is 0 Å². The number of halogens is 1. The van der Waals surface area contributed by atoms with Crippen LogP contribution in [0.3, 0.4) is 0 Å². The number of rotatable bonds is 3. The molecule has 1 fully saturated rings. The highest BCUT2D eigenvalue weighted by Gasteiger charge is 2.30. The van der Waals surface area contributed by atoms with Gasteiger partial charge >= 0.3 is 0 Å². The molecule has 1 saturated carbocycles. The summed E-state index contributed by atoms with van der Waals surface area (Å²) in [4.78, 5) is 12.3. The standard InChI is InChI=1S/C15H24FN3O/c1-9(2)11-7-5-6-8-12(11)17-15(20)13-10(3)18-19(4)14(13)16/h9,11-12H,5-8H2,1-4H3,(H,17,20). The lowest BCUT2D eigenvalue weighted by molar-refractivity contribution is 0.0884. The Labute approximate surface area is 119 Å². The van der Waals surface area contributed by atoms with Crippen molar-refractivity contribution >= 4 is 5.91 Å². The maximum Gasteiger partial charge on any atom is 0.258 e. The number of amides is 1. The van der Waals surface area contributed by atoms with Gasteiger partial charge in [0.25, 0.3) is 5.91 Å². The van der Waals surface area contributed by atoms with Gasteiger partial charge in [-0.15, -0.1) is 0 Å². The van der Waals surface area contributed by atoms with Crippen molar-refractivity contribution in [2.45, 2.75) is 52.5 Å². The third-order valence-corrected chi connectivity index (χ3v) is 4.37. The van der Waals surface area contributed by atoms with E-state index in [1.165, 1.54) is 13.5 Å². The van der Waals surface area contributed by atoms with Gasteiger partial charge in [0.05, 0.1) is 5.69 Å². The number of aryl methyl sites for hydroxylation is 2. The molecule has 1 N–H and O–H groups in total. The number of carbonyl (C=O) groups is 1. The summed E-state index contributed by atoms with van der Waals surface area (Å²) in [5, 5.41) is 6.99. The number of hydrogen-bond acceptors (Lipinski definition) is 2. The molecular weight excluding hydrogens is 257 g/mol. The number of nitrogens with one attached hydrogen (secondary N) is 1. The van der Waals surface area contributed by atoms with E-state index in [0.29, 0.717) is 17.5 Å². The van der Waals surface area contributed by atoms with Crippen molar-refractivity contribution in [2.75, 3.05) is 0 Å². The van der Waals surface area contributed by atoms with Crippen LogP contribution in [0.4, 0.5) is 4.39 Å². The van der Waals surface area contributed by atoms with Crippen LogP contribution in [0, 0.1) is 24.7 Å². The fourth-order valence-corrected chi connectivity index (χ4v) is 3.27. The minimum absolute atomic E-state index is 0.0839. The smallest absolute Gasteiger partial charge is 0.258 e. The highest BCUT2D eigenvalue weighted by atomic mass is 19.1. The molecule has 0 aromatic carbocycles. The van der Waals surface area contributed by atoms with Crippen molar-refractivity contribution in [3.05, 3.63) is 17.2 Å². The molecule has 1 amide bonds. The van der Waals surface area contributed by atoms with E-state index in [1.54, 1.807) is 6.92 Å². The number of nitrogens with zero attached hydrogens (tertiary/aromatic N) is 2. The van der Waals surface area contributed by atoms with Crippen molar-refractivity contribution in [1.29, 1.82) is 0 Å². The van der Waals surface area contributed by atoms with Crippen molar-refractivity contribution in [3.63, 3.8) is 0 Å². The van der Waals surface area contributed by atoms with E-state index in [0.717, 1.165) is 23.9 Å². The second-order valence-electron chi connectivity index (χ2n) is 6.15. The Morgan fingerprint density at radius 1 is 1.40 bits per heavy atom. The SMILES string of the molecule is Cc1nn(C)c(F)c1C(=O)NC1CCCCC1C(C)C. The molecule has 2 atom stereocenters. The zero-order chi connectivity index (χ0) is 14.9. The van der Waals surface area contributed by atoms with Gasteiger partial charge < -0.3 is 5.32 Å². The molecule has 1 aromatic heterocycles. The molecule has 1 aliphatic carbocycles. The number of hydrogen-bond donors (Lipinski definition) is 1. The van der Waals surface area contributed by atoms with Crippen molar-refractivity contribution in [3.8, 4) is 0 Å². The highest BCUT2D eigenvalue weighted by Crippen LogP contribution is 2.30. The first-order valence-corrected chi connectivity index (χ1v) is 7.41. The van der Waals surface area contributed by atoms with Crippen LogP contribution in [-0.2, 0) is 7.05 Å². The summed E-state index contributed by atoms with van der Waals surface area (Å²) in [6, 6.07) is 0.148. The summed E-state index contributed by atoms with van der Waals surface area (Å²) >= 11 is 0. The molecular formula is C15H24FN3O. The summed E-state index contributed by atoms with van der Waals surface area (Å²) in [5.41, 5.74) is 0.528. The van der Waals surface area contributed by atoms with E-state index < -0.39 is 5.95 Å². The first-order chi connectivity index (χ1) is 9.41. The molecule has 1 heterocycles. The average Bonchev–Trinajstić information content (AvgIpc) is 2.63. The molecule has 0 bridgehead atoms. The van der Waals surface area contributed by atoms with Crippen LogP contribution >= 0.6 is 0 Å². The third-order valence-electron chi connectivity index (χ3n) is 4.37. The van der Waals surface area contributed by atoms with Gasteiger partial charge in [-0.3, -0.25) is 4.79 Å². The minimum atomic E-state index is -0.558. The lowest BCUT2D eigenvalue weighted by Crippen LogP contribution is -2.44. The molecule has 0 radical (unpaired) electrons. The van der Waals surface area contributed by atoms with E-state index in [2.05, 4.69) is 24.3 Å². The van der Waals surface area contributed by atoms with Gasteiger partial charge in [-0.05, 0) is 31.6 Å². The van der Waals surface area contributed by atoms with Crippen molar-refractivity contribution in [2.24, 2.45) is 18.9 Å². The van der Waals surface area contributed by atoms with E-state index in [-0.39, 0.29) is 17.5 Å². The maximum atomic E-state index is 13.9. The van der Waals surface area contributed by atoms with Gasteiger partial charge in [0, 0.05) is 13.1 Å². The molecule has 2 unspecified atom stereocenters. The molecule has 0 saturated heterocycles. The lowest BCUT2D eigenvalue weighted by Gasteiger charge is -2.34. The quantitative estimate of drug-likeness (QED) is 0.926. The minimum Gasteiger partial charge on any atom is -0.349 e. The van der Waals surface area contributed by atoms with Gasteiger partial charge in [0.2, 0.25) is 5.95 Å². The van der Waals surface area contributed by atoms with E-state index >= 15 is 0 Å². The van der Waals surface area contributed by atoms with E-state index in [4.69, 9.17) is 0 Å². The Balaban J connectivity index is 2.14. The second-order valence-corrected chi connectivity index (χ2v) is 6.15. The Morgan fingerprint density at radius 3 is 2.60 bits per heavy atom. The number of carbonyl (C=O) groups excluding carboxylic acids is 1. The second kappa shape index (κ2) is 5.94. The van der Waals surface area contributed by atoms with Crippen LogP contribution in [-0.4, -0.2) is 21.7 Å². The van der Waals surface area contributed by atoms with Gasteiger partial charge in [-0.25, -0.2) is 4.68 Å². The Kier molecular flexibility index (Phi) is 4.45. The fraction of sp³-hybridized carbons (Fsp3) is 0.733. The average molecular weight is 281 g/mol. The molecule has 1 aromatic rings. The van der Waals surface area contributed by atoms with Crippen LogP contribution in [0.25, 0.3) is 0 Å². The van der Waals surface area contributed by atoms with E-state index in [9.17, 15) is 9.18 Å². The molecule has 0 spiro atoms. The van der Waals surface area contributed by atoms with Gasteiger partial charge in [-0.1, -0.05) is 26.7 Å². The zero-order valence-corrected chi connectivity index (χ0v) is 12.7. The summed E-state index contributed by atoms with van der Waals surface area (Å²) in [7, 11) is 1.51. The monoisotopic (exact) mass is 281 g/mol. The van der Waals surface area contributed by atoms with Gasteiger partial charge in [0.15, 0.2) is 0 Å². The zero-order valence-electron chi connectivity index (χ0n) is 12.7. The molecule has 1 aliphatic rings. The van der Waals surface area contributed by atoms with Crippen molar-refractivity contribution in [1.82, 2.24) is 15.1 Å². The van der Waals surface area contributed by atoms with Crippen LogP contribution in [0.15, 0.2) is 0 Å². The molecule has 4 nitrogen and oxygen atoms in total. The summed E-state index contributed by atoms with van der Waals surface area (Å²) in [6.07, 6.45) is 4.46. The molecule has 2 rings (SSSR count).